The van der Waals surface area contributed by atoms with Gasteiger partial charge in [0, 0.05) is 12.2 Å². The Balaban J connectivity index is 2.65. The lowest BCUT2D eigenvalue weighted by atomic mass is 10.1. The van der Waals surface area contributed by atoms with E-state index in [0.717, 1.165) is 6.42 Å². The Bertz CT molecular complexity index is 503. The number of terminal acetylenes is 1. The summed E-state index contributed by atoms with van der Waals surface area (Å²) in [7, 11) is 0. The standard InChI is InChI=1S/C15H18N2O3/c1-3-9-17(10-4-2)15(20)16-13-7-5-12(6-8-13)11-14(18)19/h1,5-8H,4,9-11H2,2H3,(H,16,20)(H,18,19). The molecule has 0 spiro atoms. The number of rotatable bonds is 6. The van der Waals surface area contributed by atoms with Crippen LogP contribution in [0.25, 0.3) is 0 Å². The molecule has 0 saturated heterocycles. The van der Waals surface area contributed by atoms with Gasteiger partial charge in [-0.1, -0.05) is 25.0 Å². The Labute approximate surface area is 118 Å². The van der Waals surface area contributed by atoms with Crippen molar-refractivity contribution in [2.75, 3.05) is 18.4 Å². The molecule has 0 atom stereocenters. The summed E-state index contributed by atoms with van der Waals surface area (Å²) in [5.74, 6) is 1.57. The minimum atomic E-state index is -0.884. The SMILES string of the molecule is C#CCN(CCC)C(=O)Nc1ccc(CC(=O)O)cc1. The highest BCUT2D eigenvalue weighted by Gasteiger charge is 2.11. The highest BCUT2D eigenvalue weighted by Crippen LogP contribution is 2.11. The molecule has 0 aliphatic rings. The van der Waals surface area contributed by atoms with E-state index in [4.69, 9.17) is 11.5 Å². The fourth-order valence-corrected chi connectivity index (χ4v) is 1.72. The van der Waals surface area contributed by atoms with Crippen molar-refractivity contribution in [2.24, 2.45) is 0 Å². The molecule has 0 unspecified atom stereocenters. The molecule has 1 aromatic rings. The first-order valence-electron chi connectivity index (χ1n) is 6.37. The minimum Gasteiger partial charge on any atom is -0.481 e. The lowest BCUT2D eigenvalue weighted by molar-refractivity contribution is -0.136. The smallest absolute Gasteiger partial charge is 0.322 e. The van der Waals surface area contributed by atoms with Crippen LogP contribution in [0.1, 0.15) is 18.9 Å². The molecule has 20 heavy (non-hydrogen) atoms. The van der Waals surface area contributed by atoms with Crippen molar-refractivity contribution in [3.8, 4) is 12.3 Å². The lowest BCUT2D eigenvalue weighted by Gasteiger charge is -2.20. The first kappa shape index (κ1) is 15.6. The van der Waals surface area contributed by atoms with Crippen LogP contribution in [0, 0.1) is 12.3 Å². The molecule has 5 nitrogen and oxygen atoms in total. The van der Waals surface area contributed by atoms with Crippen molar-refractivity contribution >= 4 is 17.7 Å². The number of urea groups is 1. The molecule has 0 bridgehead atoms. The predicted molar refractivity (Wildman–Crippen MR) is 77.5 cm³/mol. The van der Waals surface area contributed by atoms with Crippen molar-refractivity contribution in [3.63, 3.8) is 0 Å². The summed E-state index contributed by atoms with van der Waals surface area (Å²) >= 11 is 0. The molecule has 0 saturated carbocycles. The van der Waals surface area contributed by atoms with E-state index >= 15 is 0 Å². The van der Waals surface area contributed by atoms with Crippen molar-refractivity contribution < 1.29 is 14.7 Å². The zero-order valence-corrected chi connectivity index (χ0v) is 11.4. The maximum absolute atomic E-state index is 12.0. The molecule has 0 heterocycles. The number of nitrogens with one attached hydrogen (secondary N) is 1. The summed E-state index contributed by atoms with van der Waals surface area (Å²) in [6.45, 7) is 2.82. The molecule has 0 radical (unpaired) electrons. The van der Waals surface area contributed by atoms with Gasteiger partial charge in [0.25, 0.3) is 0 Å². The number of benzene rings is 1. The summed E-state index contributed by atoms with van der Waals surface area (Å²) in [4.78, 5) is 24.1. The molecule has 0 aliphatic heterocycles. The van der Waals surface area contributed by atoms with Crippen molar-refractivity contribution in [1.82, 2.24) is 4.90 Å². The second-order valence-electron chi connectivity index (χ2n) is 4.32. The van der Waals surface area contributed by atoms with E-state index in [1.54, 1.807) is 29.2 Å². The largest absolute Gasteiger partial charge is 0.481 e. The Morgan fingerprint density at radius 3 is 2.50 bits per heavy atom. The highest BCUT2D eigenvalue weighted by molar-refractivity contribution is 5.89. The minimum absolute atomic E-state index is 0.0344. The van der Waals surface area contributed by atoms with Crippen molar-refractivity contribution in [1.29, 1.82) is 0 Å². The maximum atomic E-state index is 12.0. The molecule has 0 aromatic heterocycles. The molecule has 1 rings (SSSR count). The van der Waals surface area contributed by atoms with Gasteiger partial charge in [-0.05, 0) is 24.1 Å². The summed E-state index contributed by atoms with van der Waals surface area (Å²) in [6.07, 6.45) is 6.02. The summed E-state index contributed by atoms with van der Waals surface area (Å²) < 4.78 is 0. The van der Waals surface area contributed by atoms with Gasteiger partial charge in [-0.25, -0.2) is 4.79 Å². The molecule has 0 fully saturated rings. The number of nitrogens with zero attached hydrogens (tertiary/aromatic N) is 1. The van der Waals surface area contributed by atoms with Gasteiger partial charge in [0.2, 0.25) is 0 Å². The zero-order chi connectivity index (χ0) is 15.0. The molecule has 1 aromatic carbocycles. The van der Waals surface area contributed by atoms with Gasteiger partial charge in [-0.2, -0.15) is 0 Å². The van der Waals surface area contributed by atoms with Crippen LogP contribution < -0.4 is 5.32 Å². The number of anilines is 1. The normalized spacial score (nSPS) is 9.60. The van der Waals surface area contributed by atoms with Crippen LogP contribution in [0.4, 0.5) is 10.5 Å². The van der Waals surface area contributed by atoms with Crippen LogP contribution >= 0.6 is 0 Å². The number of amides is 2. The number of carboxylic acids is 1. The second-order valence-corrected chi connectivity index (χ2v) is 4.32. The van der Waals surface area contributed by atoms with Gasteiger partial charge in [-0.3, -0.25) is 4.79 Å². The fraction of sp³-hybridized carbons (Fsp3) is 0.333. The number of carboxylic acid groups (broad SMARTS) is 1. The van der Waals surface area contributed by atoms with Gasteiger partial charge in [0.1, 0.15) is 0 Å². The van der Waals surface area contributed by atoms with E-state index in [2.05, 4.69) is 11.2 Å². The van der Waals surface area contributed by atoms with Crippen LogP contribution in [0.3, 0.4) is 0 Å². The maximum Gasteiger partial charge on any atom is 0.322 e. The average molecular weight is 274 g/mol. The Kier molecular flexibility index (Phi) is 6.11. The van der Waals surface area contributed by atoms with Crippen LogP contribution in [0.2, 0.25) is 0 Å². The van der Waals surface area contributed by atoms with Crippen molar-refractivity contribution in [3.05, 3.63) is 29.8 Å². The zero-order valence-electron chi connectivity index (χ0n) is 11.4. The third-order valence-corrected chi connectivity index (χ3v) is 2.62. The quantitative estimate of drug-likeness (QED) is 0.781. The molecular formula is C15H18N2O3. The Hall–Kier alpha value is -2.48. The molecular weight excluding hydrogens is 256 g/mol. The number of hydrogen-bond donors (Lipinski definition) is 2. The number of aliphatic carboxylic acids is 1. The topological polar surface area (TPSA) is 69.6 Å². The van der Waals surface area contributed by atoms with E-state index in [1.165, 1.54) is 0 Å². The predicted octanol–water partition coefficient (Wildman–Crippen LogP) is 2.19. The van der Waals surface area contributed by atoms with Gasteiger partial charge in [0.05, 0.1) is 13.0 Å². The van der Waals surface area contributed by atoms with Crippen molar-refractivity contribution in [2.45, 2.75) is 19.8 Å². The van der Waals surface area contributed by atoms with Crippen LogP contribution in [-0.2, 0) is 11.2 Å². The van der Waals surface area contributed by atoms with Crippen LogP contribution in [-0.4, -0.2) is 35.1 Å². The molecule has 5 heteroatoms. The third-order valence-electron chi connectivity index (χ3n) is 2.62. The summed E-state index contributed by atoms with van der Waals surface area (Å²) in [5, 5.41) is 11.4. The van der Waals surface area contributed by atoms with Crippen LogP contribution in [0.15, 0.2) is 24.3 Å². The average Bonchev–Trinajstić information content (AvgIpc) is 2.40. The van der Waals surface area contributed by atoms with E-state index < -0.39 is 5.97 Å². The highest BCUT2D eigenvalue weighted by atomic mass is 16.4. The first-order valence-corrected chi connectivity index (χ1v) is 6.37. The molecule has 2 N–H and O–H groups in total. The molecule has 2 amide bonds. The van der Waals surface area contributed by atoms with E-state index in [-0.39, 0.29) is 19.0 Å². The molecule has 0 aliphatic carbocycles. The number of hydrogen-bond acceptors (Lipinski definition) is 2. The Morgan fingerprint density at radius 2 is 2.00 bits per heavy atom. The van der Waals surface area contributed by atoms with Gasteiger partial charge < -0.3 is 15.3 Å². The second kappa shape index (κ2) is 7.85. The molecule has 106 valence electrons. The van der Waals surface area contributed by atoms with E-state index in [0.29, 0.717) is 17.8 Å². The van der Waals surface area contributed by atoms with Crippen LogP contribution in [0.5, 0.6) is 0 Å². The lowest BCUT2D eigenvalue weighted by Crippen LogP contribution is -2.35. The number of carbonyl (C=O) groups is 2. The Morgan fingerprint density at radius 1 is 1.35 bits per heavy atom. The van der Waals surface area contributed by atoms with Gasteiger partial charge in [0.15, 0.2) is 0 Å². The fourth-order valence-electron chi connectivity index (χ4n) is 1.72. The summed E-state index contributed by atoms with van der Waals surface area (Å²) in [6, 6.07) is 6.45. The summed E-state index contributed by atoms with van der Waals surface area (Å²) in [5.41, 5.74) is 1.30. The monoisotopic (exact) mass is 274 g/mol. The van der Waals surface area contributed by atoms with E-state index in [1.807, 2.05) is 6.92 Å². The van der Waals surface area contributed by atoms with Gasteiger partial charge >= 0.3 is 12.0 Å². The number of carbonyl (C=O) groups excluding carboxylic acids is 1. The van der Waals surface area contributed by atoms with E-state index in [9.17, 15) is 9.59 Å². The third kappa shape index (κ3) is 5.02. The van der Waals surface area contributed by atoms with Gasteiger partial charge in [-0.15, -0.1) is 6.42 Å². The first-order chi connectivity index (χ1) is 9.56.